The highest BCUT2D eigenvalue weighted by molar-refractivity contribution is 5.59. The van der Waals surface area contributed by atoms with Gasteiger partial charge in [-0.15, -0.1) is 15.3 Å². The summed E-state index contributed by atoms with van der Waals surface area (Å²) in [5, 5.41) is 18.5. The lowest BCUT2D eigenvalue weighted by molar-refractivity contribution is 0.113. The number of piperidine rings is 1. The molecule has 0 atom stereocenters. The fraction of sp³-hybridized carbons (Fsp3) is 0.400. The molecule has 2 fully saturated rings. The van der Waals surface area contributed by atoms with Crippen molar-refractivity contribution in [2.45, 2.75) is 37.8 Å². The summed E-state index contributed by atoms with van der Waals surface area (Å²) in [5.41, 5.74) is 3.20. The van der Waals surface area contributed by atoms with E-state index in [0.717, 1.165) is 50.7 Å². The second-order valence-electron chi connectivity index (χ2n) is 9.45. The normalized spacial score (nSPS) is 17.4. The van der Waals surface area contributed by atoms with Gasteiger partial charge in [0.1, 0.15) is 11.5 Å². The predicted octanol–water partition coefficient (Wildman–Crippen LogP) is 3.67. The van der Waals surface area contributed by atoms with Crippen molar-refractivity contribution < 1.29 is 17.6 Å². The zero-order chi connectivity index (χ0) is 25.4. The van der Waals surface area contributed by atoms with Crippen LogP contribution in [0.15, 0.2) is 47.1 Å². The number of halogens is 3. The monoisotopic (exact) mass is 510 g/mol. The van der Waals surface area contributed by atoms with Crippen molar-refractivity contribution in [3.8, 4) is 22.7 Å². The van der Waals surface area contributed by atoms with Gasteiger partial charge in [-0.3, -0.25) is 9.88 Å². The van der Waals surface area contributed by atoms with E-state index in [1.807, 2.05) is 12.1 Å². The van der Waals surface area contributed by atoms with Crippen LogP contribution in [-0.4, -0.2) is 67.3 Å². The SMILES string of the molecule is Fc1cc(-c2nnc(C(F)F)o2)cnc1Cn1cc(-c2cccc(C3CCN(C4CNC4)CC3)c2)nn1. The van der Waals surface area contributed by atoms with Gasteiger partial charge in [0.05, 0.1) is 24.0 Å². The quantitative estimate of drug-likeness (QED) is 0.402. The van der Waals surface area contributed by atoms with Gasteiger partial charge in [-0.2, -0.15) is 8.78 Å². The molecule has 1 N–H and O–H groups in total. The molecule has 2 aliphatic rings. The Morgan fingerprint density at radius 3 is 2.59 bits per heavy atom. The maximum atomic E-state index is 14.7. The van der Waals surface area contributed by atoms with Gasteiger partial charge in [-0.05, 0) is 49.5 Å². The number of hydrogen-bond acceptors (Lipinski definition) is 8. The predicted molar refractivity (Wildman–Crippen MR) is 127 cm³/mol. The van der Waals surface area contributed by atoms with E-state index in [-0.39, 0.29) is 23.7 Å². The Labute approximate surface area is 210 Å². The van der Waals surface area contributed by atoms with E-state index < -0.39 is 18.1 Å². The maximum absolute atomic E-state index is 14.7. The summed E-state index contributed by atoms with van der Waals surface area (Å²) in [6.07, 6.45) is 2.44. The molecule has 1 aromatic carbocycles. The molecule has 0 amide bonds. The molecule has 5 heterocycles. The maximum Gasteiger partial charge on any atom is 0.314 e. The first-order chi connectivity index (χ1) is 18.0. The first kappa shape index (κ1) is 23.7. The molecule has 0 spiro atoms. The molecule has 0 bridgehead atoms. The van der Waals surface area contributed by atoms with E-state index in [2.05, 4.69) is 47.8 Å². The summed E-state index contributed by atoms with van der Waals surface area (Å²) in [6, 6.07) is 10.2. The lowest BCUT2D eigenvalue weighted by atomic mass is 9.87. The number of benzene rings is 1. The Balaban J connectivity index is 1.13. The highest BCUT2D eigenvalue weighted by Crippen LogP contribution is 2.31. The highest BCUT2D eigenvalue weighted by Gasteiger charge is 2.29. The molecular weight excluding hydrogens is 485 g/mol. The number of nitrogens with zero attached hydrogens (tertiary/aromatic N) is 7. The number of aromatic nitrogens is 6. The lowest BCUT2D eigenvalue weighted by Gasteiger charge is -2.42. The molecule has 2 aliphatic heterocycles. The van der Waals surface area contributed by atoms with Gasteiger partial charge >= 0.3 is 6.43 Å². The third kappa shape index (κ3) is 4.98. The number of hydrogen-bond donors (Lipinski definition) is 1. The van der Waals surface area contributed by atoms with Crippen LogP contribution in [0.1, 0.15) is 42.3 Å². The topological polar surface area (TPSA) is 97.8 Å². The van der Waals surface area contributed by atoms with Crippen molar-refractivity contribution in [2.75, 3.05) is 26.2 Å². The third-order valence-electron chi connectivity index (χ3n) is 7.10. The van der Waals surface area contributed by atoms with Crippen LogP contribution >= 0.6 is 0 Å². The summed E-state index contributed by atoms with van der Waals surface area (Å²) >= 11 is 0. The summed E-state index contributed by atoms with van der Waals surface area (Å²) in [5.74, 6) is -1.17. The summed E-state index contributed by atoms with van der Waals surface area (Å²) in [6.45, 7) is 4.49. The standard InChI is InChI=1S/C25H25F3N8O/c26-20-9-18(24-32-33-25(37-24)23(27)28)10-30-22(20)14-36-13-21(31-34-36)17-3-1-2-16(8-17)15-4-6-35(7-5-15)19-11-29-12-19/h1-3,8-10,13,15,19,23,29H,4-7,11-12,14H2. The molecule has 37 heavy (non-hydrogen) atoms. The van der Waals surface area contributed by atoms with E-state index >= 15 is 0 Å². The first-order valence-electron chi connectivity index (χ1n) is 12.2. The average Bonchev–Trinajstić information content (AvgIpc) is 3.55. The van der Waals surface area contributed by atoms with E-state index in [9.17, 15) is 13.2 Å². The van der Waals surface area contributed by atoms with Crippen LogP contribution in [0, 0.1) is 5.82 Å². The Morgan fingerprint density at radius 1 is 1.05 bits per heavy atom. The van der Waals surface area contributed by atoms with E-state index in [1.54, 1.807) is 6.20 Å². The molecule has 4 aromatic rings. The summed E-state index contributed by atoms with van der Waals surface area (Å²) in [7, 11) is 0. The van der Waals surface area contributed by atoms with Crippen LogP contribution < -0.4 is 5.32 Å². The van der Waals surface area contributed by atoms with E-state index in [4.69, 9.17) is 4.42 Å². The second kappa shape index (κ2) is 10.0. The van der Waals surface area contributed by atoms with Crippen molar-refractivity contribution in [1.29, 1.82) is 0 Å². The highest BCUT2D eigenvalue weighted by atomic mass is 19.3. The van der Waals surface area contributed by atoms with Crippen LogP contribution in [0.5, 0.6) is 0 Å². The van der Waals surface area contributed by atoms with E-state index in [0.29, 0.717) is 17.7 Å². The Morgan fingerprint density at radius 2 is 1.89 bits per heavy atom. The molecule has 192 valence electrons. The van der Waals surface area contributed by atoms with Crippen molar-refractivity contribution >= 4 is 0 Å². The van der Waals surface area contributed by atoms with Crippen molar-refractivity contribution in [3.05, 3.63) is 65.7 Å². The van der Waals surface area contributed by atoms with E-state index in [1.165, 1.54) is 16.4 Å². The summed E-state index contributed by atoms with van der Waals surface area (Å²) < 4.78 is 46.4. The molecule has 0 radical (unpaired) electrons. The number of pyridine rings is 1. The van der Waals surface area contributed by atoms with Gasteiger partial charge in [-0.25, -0.2) is 9.07 Å². The van der Waals surface area contributed by atoms with Crippen LogP contribution in [0.3, 0.4) is 0 Å². The second-order valence-corrected chi connectivity index (χ2v) is 9.45. The fourth-order valence-corrected chi connectivity index (χ4v) is 4.88. The fourth-order valence-electron chi connectivity index (χ4n) is 4.88. The Bertz CT molecular complexity index is 1380. The molecule has 0 saturated carbocycles. The van der Waals surface area contributed by atoms with Crippen molar-refractivity contribution in [1.82, 2.24) is 40.4 Å². The smallest absolute Gasteiger partial charge is 0.314 e. The van der Waals surface area contributed by atoms with Crippen LogP contribution in [-0.2, 0) is 6.54 Å². The molecule has 3 aromatic heterocycles. The minimum atomic E-state index is -2.90. The molecule has 6 rings (SSSR count). The molecule has 12 heteroatoms. The third-order valence-corrected chi connectivity index (χ3v) is 7.10. The molecule has 0 unspecified atom stereocenters. The van der Waals surface area contributed by atoms with Gasteiger partial charge in [-0.1, -0.05) is 23.4 Å². The molecule has 9 nitrogen and oxygen atoms in total. The van der Waals surface area contributed by atoms with Gasteiger partial charge < -0.3 is 9.73 Å². The van der Waals surface area contributed by atoms with Gasteiger partial charge in [0, 0.05) is 30.9 Å². The largest absolute Gasteiger partial charge is 0.415 e. The molecular formula is C25H25F3N8O. The van der Waals surface area contributed by atoms with Crippen molar-refractivity contribution in [2.24, 2.45) is 0 Å². The lowest BCUT2D eigenvalue weighted by Crippen LogP contribution is -2.58. The molecule has 0 aliphatic carbocycles. The molecule has 2 saturated heterocycles. The average molecular weight is 511 g/mol. The Kier molecular flexibility index (Phi) is 6.43. The Hall–Kier alpha value is -3.64. The van der Waals surface area contributed by atoms with Gasteiger partial charge in [0.15, 0.2) is 0 Å². The van der Waals surface area contributed by atoms with Crippen LogP contribution in [0.25, 0.3) is 22.7 Å². The minimum Gasteiger partial charge on any atom is -0.415 e. The van der Waals surface area contributed by atoms with Gasteiger partial charge in [0.2, 0.25) is 5.89 Å². The minimum absolute atomic E-state index is 0.0550. The number of alkyl halides is 2. The van der Waals surface area contributed by atoms with Crippen LogP contribution in [0.2, 0.25) is 0 Å². The number of nitrogens with one attached hydrogen (secondary N) is 1. The van der Waals surface area contributed by atoms with Crippen LogP contribution in [0.4, 0.5) is 13.2 Å². The van der Waals surface area contributed by atoms with Crippen molar-refractivity contribution in [3.63, 3.8) is 0 Å². The zero-order valence-corrected chi connectivity index (χ0v) is 19.9. The number of rotatable bonds is 7. The number of likely N-dealkylation sites (tertiary alicyclic amines) is 1. The zero-order valence-electron chi connectivity index (χ0n) is 19.9. The first-order valence-corrected chi connectivity index (χ1v) is 12.2. The van der Waals surface area contributed by atoms with Gasteiger partial charge in [0.25, 0.3) is 5.89 Å². The summed E-state index contributed by atoms with van der Waals surface area (Å²) in [4.78, 5) is 6.69.